The van der Waals surface area contributed by atoms with Gasteiger partial charge in [-0.25, -0.2) is 4.79 Å². The Kier molecular flexibility index (Phi) is 5.31. The molecule has 0 atom stereocenters. The van der Waals surface area contributed by atoms with Gasteiger partial charge in [0.1, 0.15) is 4.38 Å². The molecule has 0 saturated heterocycles. The van der Waals surface area contributed by atoms with Crippen LogP contribution in [0.15, 0.2) is 4.99 Å². The first kappa shape index (κ1) is 12.7. The molecular formula is C6H9F2NO2S2. The van der Waals surface area contributed by atoms with E-state index in [4.69, 9.17) is 0 Å². The number of halogens is 2. The van der Waals surface area contributed by atoms with Gasteiger partial charge in [-0.15, -0.1) is 23.5 Å². The van der Waals surface area contributed by atoms with E-state index in [9.17, 15) is 13.6 Å². The number of hydrogen-bond donors (Lipinski definition) is 0. The van der Waals surface area contributed by atoms with Crippen LogP contribution in [0.1, 0.15) is 0 Å². The Hall–Kier alpha value is -0.300. The van der Waals surface area contributed by atoms with E-state index < -0.39 is 12.0 Å². The molecule has 3 nitrogen and oxygen atoms in total. The van der Waals surface area contributed by atoms with E-state index in [-0.39, 0.29) is 4.38 Å². The summed E-state index contributed by atoms with van der Waals surface area (Å²) in [7, 11) is 0.892. The van der Waals surface area contributed by atoms with Crippen molar-refractivity contribution >= 4 is 33.9 Å². The first-order chi connectivity index (χ1) is 5.97. The maximum Gasteiger partial charge on any atom is 0.441 e. The molecule has 0 radical (unpaired) electrons. The molecule has 0 bridgehead atoms. The highest BCUT2D eigenvalue weighted by Gasteiger charge is 2.40. The predicted octanol–water partition coefficient (Wildman–Crippen LogP) is 1.83. The number of rotatable bonds is 2. The molecule has 0 rings (SSSR count). The Morgan fingerprint density at radius 1 is 1.38 bits per heavy atom. The van der Waals surface area contributed by atoms with Crippen LogP contribution in [0.5, 0.6) is 0 Å². The van der Waals surface area contributed by atoms with Crippen molar-refractivity contribution < 1.29 is 18.3 Å². The molecule has 0 aliphatic rings. The van der Waals surface area contributed by atoms with E-state index >= 15 is 0 Å². The highest BCUT2D eigenvalue weighted by molar-refractivity contribution is 8.38. The van der Waals surface area contributed by atoms with Gasteiger partial charge in [0.05, 0.1) is 7.11 Å². The molecule has 0 unspecified atom stereocenters. The number of ether oxygens (including phenoxy) is 1. The zero-order valence-electron chi connectivity index (χ0n) is 7.34. The average molecular weight is 229 g/mol. The van der Waals surface area contributed by atoms with Gasteiger partial charge in [0, 0.05) is 0 Å². The maximum atomic E-state index is 12.8. The van der Waals surface area contributed by atoms with Crippen molar-refractivity contribution in [1.82, 2.24) is 0 Å². The van der Waals surface area contributed by atoms with E-state index in [0.29, 0.717) is 0 Å². The maximum absolute atomic E-state index is 12.8. The number of hydrogen-bond acceptors (Lipinski definition) is 5. The summed E-state index contributed by atoms with van der Waals surface area (Å²) in [6.07, 6.45) is 3.20. The first-order valence-electron chi connectivity index (χ1n) is 3.12. The number of carbonyl (C=O) groups is 1. The number of methoxy groups -OCH3 is 1. The van der Waals surface area contributed by atoms with Gasteiger partial charge in [0.2, 0.25) is 0 Å². The monoisotopic (exact) mass is 229 g/mol. The summed E-state index contributed by atoms with van der Waals surface area (Å²) in [5.41, 5.74) is 0. The zero-order chi connectivity index (χ0) is 10.5. The summed E-state index contributed by atoms with van der Waals surface area (Å²) < 4.78 is 29.5. The third-order valence-corrected chi connectivity index (χ3v) is 2.89. The first-order valence-corrected chi connectivity index (χ1v) is 5.57. The third kappa shape index (κ3) is 3.95. The lowest BCUT2D eigenvalue weighted by molar-refractivity contribution is -0.167. The molecule has 0 fully saturated rings. The second-order valence-corrected chi connectivity index (χ2v) is 3.67. The van der Waals surface area contributed by atoms with Crippen molar-refractivity contribution in [2.75, 3.05) is 19.6 Å². The highest BCUT2D eigenvalue weighted by atomic mass is 32.2. The molecule has 13 heavy (non-hydrogen) atoms. The Bertz CT molecular complexity index is 215. The quantitative estimate of drug-likeness (QED) is 0.313. The van der Waals surface area contributed by atoms with E-state index in [0.717, 1.165) is 30.6 Å². The van der Waals surface area contributed by atoms with Gasteiger partial charge in [0.15, 0.2) is 0 Å². The normalized spacial score (nSPS) is 10.8. The lowest BCUT2D eigenvalue weighted by atomic mass is 10.6. The van der Waals surface area contributed by atoms with Crippen molar-refractivity contribution in [2.24, 2.45) is 4.99 Å². The van der Waals surface area contributed by atoms with Gasteiger partial charge in [-0.05, 0) is 12.5 Å². The molecule has 0 N–H and O–H groups in total. The average Bonchev–Trinajstić information content (AvgIpc) is 2.12. The summed E-state index contributed by atoms with van der Waals surface area (Å²) in [6, 6.07) is -3.78. The van der Waals surface area contributed by atoms with E-state index in [1.807, 2.05) is 0 Å². The summed E-state index contributed by atoms with van der Waals surface area (Å²) in [5, 5.41) is 0. The van der Waals surface area contributed by atoms with E-state index in [1.54, 1.807) is 12.5 Å². The molecule has 0 aliphatic carbocycles. The molecule has 7 heteroatoms. The van der Waals surface area contributed by atoms with Gasteiger partial charge in [-0.3, -0.25) is 0 Å². The number of thioether (sulfide) groups is 2. The van der Waals surface area contributed by atoms with E-state index in [1.165, 1.54) is 0 Å². The Balaban J connectivity index is 4.63. The van der Waals surface area contributed by atoms with E-state index in [2.05, 4.69) is 9.73 Å². The van der Waals surface area contributed by atoms with Gasteiger partial charge >= 0.3 is 12.0 Å². The SMILES string of the molecule is COC(=O)C(F)(F)N=C(SC)SC. The topological polar surface area (TPSA) is 38.7 Å². The lowest BCUT2D eigenvalue weighted by Crippen LogP contribution is -2.28. The van der Waals surface area contributed by atoms with Crippen molar-refractivity contribution in [3.63, 3.8) is 0 Å². The minimum atomic E-state index is -3.78. The van der Waals surface area contributed by atoms with Crippen LogP contribution in [0.25, 0.3) is 0 Å². The minimum Gasteiger partial charge on any atom is -0.463 e. The Morgan fingerprint density at radius 2 is 1.85 bits per heavy atom. The van der Waals surface area contributed by atoms with Crippen LogP contribution in [0.3, 0.4) is 0 Å². The van der Waals surface area contributed by atoms with Crippen LogP contribution in [0.4, 0.5) is 8.78 Å². The standard InChI is InChI=1S/C6H9F2NO2S2/c1-11-4(10)6(7,8)9-5(12-2)13-3/h1-3H3. The number of aliphatic imine (C=N–C) groups is 1. The van der Waals surface area contributed by atoms with Gasteiger partial charge in [-0.2, -0.15) is 13.8 Å². The second-order valence-electron chi connectivity index (χ2n) is 1.82. The van der Waals surface area contributed by atoms with Crippen molar-refractivity contribution in [3.05, 3.63) is 0 Å². The van der Waals surface area contributed by atoms with Gasteiger partial charge in [-0.1, -0.05) is 0 Å². The molecule has 0 aliphatic heterocycles. The number of alkyl halides is 2. The summed E-state index contributed by atoms with van der Waals surface area (Å²) in [6.45, 7) is 0. The number of nitrogens with zero attached hydrogens (tertiary/aromatic N) is 1. The summed E-state index contributed by atoms with van der Waals surface area (Å²) in [5.74, 6) is -1.65. The summed E-state index contributed by atoms with van der Waals surface area (Å²) >= 11 is 2.10. The molecule has 76 valence electrons. The van der Waals surface area contributed by atoms with Crippen molar-refractivity contribution in [1.29, 1.82) is 0 Å². The number of esters is 1. The third-order valence-electron chi connectivity index (χ3n) is 1.01. The van der Waals surface area contributed by atoms with Crippen LogP contribution in [-0.4, -0.2) is 36.0 Å². The largest absolute Gasteiger partial charge is 0.463 e. The van der Waals surface area contributed by atoms with Crippen molar-refractivity contribution in [3.8, 4) is 0 Å². The molecule has 0 aromatic heterocycles. The molecule has 0 saturated carbocycles. The summed E-state index contributed by atoms with van der Waals surface area (Å²) in [4.78, 5) is 13.5. The molecule has 0 aromatic rings. The van der Waals surface area contributed by atoms with Gasteiger partial charge in [0.25, 0.3) is 0 Å². The predicted molar refractivity (Wildman–Crippen MR) is 51.4 cm³/mol. The zero-order valence-corrected chi connectivity index (χ0v) is 8.97. The minimum absolute atomic E-state index is 0.135. The van der Waals surface area contributed by atoms with Crippen LogP contribution < -0.4 is 0 Å². The van der Waals surface area contributed by atoms with Crippen LogP contribution in [0, 0.1) is 0 Å². The molecule has 0 amide bonds. The highest BCUT2D eigenvalue weighted by Crippen LogP contribution is 2.22. The van der Waals surface area contributed by atoms with Crippen LogP contribution in [-0.2, 0) is 9.53 Å². The molecular weight excluding hydrogens is 220 g/mol. The molecule has 0 heterocycles. The Morgan fingerprint density at radius 3 is 2.15 bits per heavy atom. The second kappa shape index (κ2) is 5.43. The number of carbonyl (C=O) groups excluding carboxylic acids is 1. The Labute approximate surface area is 83.3 Å². The van der Waals surface area contributed by atoms with Crippen LogP contribution >= 0.6 is 23.5 Å². The fourth-order valence-corrected chi connectivity index (χ4v) is 1.54. The van der Waals surface area contributed by atoms with Crippen molar-refractivity contribution in [2.45, 2.75) is 6.05 Å². The van der Waals surface area contributed by atoms with Crippen LogP contribution in [0.2, 0.25) is 0 Å². The lowest BCUT2D eigenvalue weighted by Gasteiger charge is -2.09. The molecule has 0 spiro atoms. The molecule has 0 aromatic carbocycles. The fraction of sp³-hybridized carbons (Fsp3) is 0.667. The fourth-order valence-electron chi connectivity index (χ4n) is 0.458. The smallest absolute Gasteiger partial charge is 0.441 e. The van der Waals surface area contributed by atoms with Gasteiger partial charge < -0.3 is 4.74 Å².